The molecule has 4 heteroatoms. The minimum atomic E-state index is -1.28. The number of aliphatic hydroxyl groups is 1. The van der Waals surface area contributed by atoms with E-state index in [0.717, 1.165) is 0 Å². The highest BCUT2D eigenvalue weighted by atomic mass is 35.5. The van der Waals surface area contributed by atoms with Gasteiger partial charge in [-0.2, -0.15) is 0 Å². The quantitative estimate of drug-likeness (QED) is 0.892. The molecule has 0 aromatic heterocycles. The zero-order valence-electron chi connectivity index (χ0n) is 12.1. The van der Waals surface area contributed by atoms with Gasteiger partial charge in [-0.15, -0.1) is 0 Å². The first-order chi connectivity index (χ1) is 8.59. The van der Waals surface area contributed by atoms with Gasteiger partial charge < -0.3 is 10.4 Å². The van der Waals surface area contributed by atoms with Crippen molar-refractivity contribution in [2.75, 3.05) is 0 Å². The van der Waals surface area contributed by atoms with Crippen LogP contribution in [-0.2, 0) is 10.4 Å². The van der Waals surface area contributed by atoms with Crippen molar-refractivity contribution in [1.82, 2.24) is 5.32 Å². The zero-order valence-corrected chi connectivity index (χ0v) is 12.9. The predicted molar refractivity (Wildman–Crippen MR) is 78.1 cm³/mol. The van der Waals surface area contributed by atoms with Crippen LogP contribution < -0.4 is 5.32 Å². The third-order valence-corrected chi connectivity index (χ3v) is 3.86. The molecule has 1 atom stereocenters. The lowest BCUT2D eigenvalue weighted by Crippen LogP contribution is -2.51. The lowest BCUT2D eigenvalue weighted by molar-refractivity contribution is -0.146. The predicted octanol–water partition coefficient (Wildman–Crippen LogP) is 3.10. The molecule has 0 saturated heterocycles. The van der Waals surface area contributed by atoms with Crippen LogP contribution in [0.3, 0.4) is 0 Å². The maximum Gasteiger partial charge on any atom is 0.229 e. The molecular formula is C15H22ClNO2. The van der Waals surface area contributed by atoms with Crippen LogP contribution in [0.15, 0.2) is 24.3 Å². The molecule has 0 aliphatic rings. The van der Waals surface area contributed by atoms with Gasteiger partial charge in [-0.3, -0.25) is 4.79 Å². The molecule has 0 radical (unpaired) electrons. The molecule has 0 aliphatic heterocycles. The number of halogens is 1. The van der Waals surface area contributed by atoms with Gasteiger partial charge >= 0.3 is 0 Å². The Labute approximate surface area is 120 Å². The number of hydrogen-bond acceptors (Lipinski definition) is 2. The average molecular weight is 284 g/mol. The summed E-state index contributed by atoms with van der Waals surface area (Å²) in [6, 6.07) is 6.94. The minimum Gasteiger partial charge on any atom is -0.384 e. The van der Waals surface area contributed by atoms with Crippen LogP contribution in [0, 0.1) is 5.41 Å². The highest BCUT2D eigenvalue weighted by molar-refractivity contribution is 6.30. The number of hydrogen-bond donors (Lipinski definition) is 2. The van der Waals surface area contributed by atoms with Crippen molar-refractivity contribution in [3.05, 3.63) is 34.9 Å². The van der Waals surface area contributed by atoms with Gasteiger partial charge in [0.05, 0.1) is 5.41 Å². The van der Waals surface area contributed by atoms with Gasteiger partial charge in [0.25, 0.3) is 0 Å². The first kappa shape index (κ1) is 16.0. The summed E-state index contributed by atoms with van der Waals surface area (Å²) in [6.07, 6.45) is 0. The Morgan fingerprint density at radius 1 is 1.21 bits per heavy atom. The standard InChI is InChI=1S/C15H22ClNO2/c1-10(2)17-13(18)14(3,4)15(5,19)11-6-8-12(16)9-7-11/h6-10,19H,1-5H3,(H,17,18)/t15-/m0/s1. The fraction of sp³-hybridized carbons (Fsp3) is 0.533. The molecule has 0 spiro atoms. The molecule has 3 nitrogen and oxygen atoms in total. The summed E-state index contributed by atoms with van der Waals surface area (Å²) in [5.74, 6) is -0.178. The molecular weight excluding hydrogens is 262 g/mol. The van der Waals surface area contributed by atoms with Gasteiger partial charge in [-0.05, 0) is 52.3 Å². The number of carbonyl (C=O) groups excluding carboxylic acids is 1. The van der Waals surface area contributed by atoms with E-state index in [9.17, 15) is 9.90 Å². The highest BCUT2D eigenvalue weighted by Gasteiger charge is 2.46. The summed E-state index contributed by atoms with van der Waals surface area (Å²) in [4.78, 5) is 12.3. The Hall–Kier alpha value is -1.06. The van der Waals surface area contributed by atoms with Gasteiger partial charge in [0.2, 0.25) is 5.91 Å². The smallest absolute Gasteiger partial charge is 0.229 e. The normalized spacial score (nSPS) is 15.2. The van der Waals surface area contributed by atoms with E-state index in [-0.39, 0.29) is 11.9 Å². The second kappa shape index (κ2) is 5.51. The Morgan fingerprint density at radius 3 is 2.11 bits per heavy atom. The molecule has 19 heavy (non-hydrogen) atoms. The van der Waals surface area contributed by atoms with E-state index < -0.39 is 11.0 Å². The minimum absolute atomic E-state index is 0.0350. The van der Waals surface area contributed by atoms with E-state index in [2.05, 4.69) is 5.32 Å². The van der Waals surface area contributed by atoms with Crippen LogP contribution >= 0.6 is 11.6 Å². The van der Waals surface area contributed by atoms with E-state index in [4.69, 9.17) is 11.6 Å². The zero-order chi connectivity index (χ0) is 14.8. The molecule has 1 rings (SSSR count). The molecule has 106 valence electrons. The van der Waals surface area contributed by atoms with Gasteiger partial charge in [-0.1, -0.05) is 23.7 Å². The van der Waals surface area contributed by atoms with Crippen molar-refractivity contribution in [3.63, 3.8) is 0 Å². The molecule has 0 heterocycles. The van der Waals surface area contributed by atoms with Crippen LogP contribution in [0.2, 0.25) is 5.02 Å². The van der Waals surface area contributed by atoms with Crippen LogP contribution in [0.1, 0.15) is 40.2 Å². The molecule has 1 aromatic rings. The Kier molecular flexibility index (Phi) is 4.64. The maximum atomic E-state index is 12.3. The molecule has 0 bridgehead atoms. The number of amides is 1. The van der Waals surface area contributed by atoms with Crippen LogP contribution in [0.5, 0.6) is 0 Å². The fourth-order valence-electron chi connectivity index (χ4n) is 1.80. The van der Waals surface area contributed by atoms with Crippen LogP contribution in [0.4, 0.5) is 0 Å². The molecule has 0 fully saturated rings. The Morgan fingerprint density at radius 2 is 1.68 bits per heavy atom. The van der Waals surface area contributed by atoms with Crippen molar-refractivity contribution in [1.29, 1.82) is 0 Å². The van der Waals surface area contributed by atoms with Crippen LogP contribution in [-0.4, -0.2) is 17.1 Å². The second-order valence-electron chi connectivity index (χ2n) is 5.83. The highest BCUT2D eigenvalue weighted by Crippen LogP contribution is 2.39. The van der Waals surface area contributed by atoms with E-state index in [1.54, 1.807) is 45.0 Å². The molecule has 0 unspecified atom stereocenters. The summed E-state index contributed by atoms with van der Waals surface area (Å²) < 4.78 is 0. The number of rotatable bonds is 4. The van der Waals surface area contributed by atoms with E-state index in [1.807, 2.05) is 13.8 Å². The summed E-state index contributed by atoms with van der Waals surface area (Å²) in [5, 5.41) is 14.2. The first-order valence-corrected chi connectivity index (χ1v) is 6.76. The fourth-order valence-corrected chi connectivity index (χ4v) is 1.92. The topological polar surface area (TPSA) is 49.3 Å². The van der Waals surface area contributed by atoms with Gasteiger partial charge in [-0.25, -0.2) is 0 Å². The second-order valence-corrected chi connectivity index (χ2v) is 6.27. The lowest BCUT2D eigenvalue weighted by atomic mass is 9.71. The third kappa shape index (κ3) is 3.28. The molecule has 0 saturated carbocycles. The van der Waals surface area contributed by atoms with E-state index >= 15 is 0 Å². The molecule has 0 aliphatic carbocycles. The summed E-state index contributed by atoms with van der Waals surface area (Å²) in [7, 11) is 0. The number of nitrogens with one attached hydrogen (secondary N) is 1. The summed E-state index contributed by atoms with van der Waals surface area (Å²) >= 11 is 5.85. The SMILES string of the molecule is CC(C)NC(=O)C(C)(C)[C@@](C)(O)c1ccc(Cl)cc1. The van der Waals surface area contributed by atoms with Crippen molar-refractivity contribution < 1.29 is 9.90 Å². The van der Waals surface area contributed by atoms with Gasteiger partial charge in [0.15, 0.2) is 0 Å². The molecule has 1 aromatic carbocycles. The average Bonchev–Trinajstić information content (AvgIpc) is 2.28. The molecule has 1 amide bonds. The summed E-state index contributed by atoms with van der Waals surface area (Å²) in [6.45, 7) is 8.91. The van der Waals surface area contributed by atoms with E-state index in [0.29, 0.717) is 10.6 Å². The van der Waals surface area contributed by atoms with Crippen molar-refractivity contribution >= 4 is 17.5 Å². The van der Waals surface area contributed by atoms with E-state index in [1.165, 1.54) is 0 Å². The van der Waals surface area contributed by atoms with Crippen molar-refractivity contribution in [2.24, 2.45) is 5.41 Å². The van der Waals surface area contributed by atoms with Crippen molar-refractivity contribution in [2.45, 2.75) is 46.3 Å². The Bertz CT molecular complexity index is 450. The Balaban J connectivity index is 3.09. The van der Waals surface area contributed by atoms with Gasteiger partial charge in [0, 0.05) is 11.1 Å². The number of carbonyl (C=O) groups is 1. The molecule has 2 N–H and O–H groups in total. The lowest BCUT2D eigenvalue weighted by Gasteiger charge is -2.39. The van der Waals surface area contributed by atoms with Crippen LogP contribution in [0.25, 0.3) is 0 Å². The van der Waals surface area contributed by atoms with Crippen molar-refractivity contribution in [3.8, 4) is 0 Å². The third-order valence-electron chi connectivity index (χ3n) is 3.61. The first-order valence-electron chi connectivity index (χ1n) is 6.38. The number of benzene rings is 1. The largest absolute Gasteiger partial charge is 0.384 e. The monoisotopic (exact) mass is 283 g/mol. The maximum absolute atomic E-state index is 12.3. The summed E-state index contributed by atoms with van der Waals surface area (Å²) in [5.41, 5.74) is -1.57. The van der Waals surface area contributed by atoms with Gasteiger partial charge in [0.1, 0.15) is 5.60 Å².